The second-order valence-corrected chi connectivity index (χ2v) is 8.48. The summed E-state index contributed by atoms with van der Waals surface area (Å²) in [4.78, 5) is 27.2. The minimum Gasteiger partial charge on any atom is -0.461 e. The fraction of sp³-hybridized carbons (Fsp3) is 0.619. The number of piperidine rings is 3. The highest BCUT2D eigenvalue weighted by atomic mass is 16.6. The summed E-state index contributed by atoms with van der Waals surface area (Å²) < 4.78 is 11.1. The van der Waals surface area contributed by atoms with E-state index < -0.39 is 17.7 Å². The van der Waals surface area contributed by atoms with Crippen molar-refractivity contribution in [3.63, 3.8) is 0 Å². The number of esters is 1. The van der Waals surface area contributed by atoms with Crippen LogP contribution in [0.4, 0.5) is 4.79 Å². The van der Waals surface area contributed by atoms with Gasteiger partial charge in [-0.1, -0.05) is 30.3 Å². The van der Waals surface area contributed by atoms with E-state index in [1.807, 2.05) is 51.1 Å². The zero-order valence-electron chi connectivity index (χ0n) is 16.4. The molecule has 3 fully saturated rings. The van der Waals surface area contributed by atoms with Crippen molar-refractivity contribution in [3.8, 4) is 0 Å². The van der Waals surface area contributed by atoms with Gasteiger partial charge in [0.1, 0.15) is 11.7 Å². The van der Waals surface area contributed by atoms with Gasteiger partial charge < -0.3 is 14.8 Å². The predicted octanol–water partition coefficient (Wildman–Crippen LogP) is 3.28. The summed E-state index contributed by atoms with van der Waals surface area (Å²) in [5.41, 5.74) is 0.260. The van der Waals surface area contributed by atoms with Crippen LogP contribution in [0.25, 0.3) is 0 Å². The third-order valence-corrected chi connectivity index (χ3v) is 5.14. The second-order valence-electron chi connectivity index (χ2n) is 8.48. The molecule has 148 valence electrons. The number of nitrogens with one attached hydrogen (secondary N) is 1. The van der Waals surface area contributed by atoms with Crippen molar-refractivity contribution in [2.45, 2.75) is 57.8 Å². The second kappa shape index (κ2) is 8.30. The molecule has 0 spiro atoms. The van der Waals surface area contributed by atoms with Gasteiger partial charge in [-0.3, -0.25) is 9.69 Å². The lowest BCUT2D eigenvalue weighted by molar-refractivity contribution is -0.159. The molecule has 1 unspecified atom stereocenters. The van der Waals surface area contributed by atoms with Crippen LogP contribution in [0.2, 0.25) is 0 Å². The van der Waals surface area contributed by atoms with Crippen LogP contribution >= 0.6 is 0 Å². The van der Waals surface area contributed by atoms with E-state index in [1.165, 1.54) is 0 Å². The number of ether oxygens (including phenoxy) is 2. The number of carbonyl (C=O) groups is 2. The maximum absolute atomic E-state index is 12.6. The highest BCUT2D eigenvalue weighted by Gasteiger charge is 2.37. The van der Waals surface area contributed by atoms with Crippen molar-refractivity contribution in [1.29, 1.82) is 0 Å². The number of fused-ring (bicyclic) bond motifs is 3. The number of nitrogens with zero attached hydrogens (tertiary/aromatic N) is 1. The smallest absolute Gasteiger partial charge is 0.408 e. The maximum Gasteiger partial charge on any atom is 0.408 e. The largest absolute Gasteiger partial charge is 0.461 e. The molecule has 1 aromatic carbocycles. The van der Waals surface area contributed by atoms with Crippen LogP contribution in [-0.4, -0.2) is 48.3 Å². The van der Waals surface area contributed by atoms with Crippen molar-refractivity contribution in [1.82, 2.24) is 10.2 Å². The SMILES string of the molecule is CC(C)(C)OC(=O)NC(CC(=O)O[C@H]1CN2CCC1CC2)c1ccccc1. The maximum atomic E-state index is 12.6. The fourth-order valence-electron chi connectivity index (χ4n) is 3.82. The Labute approximate surface area is 161 Å². The number of alkyl carbamates (subject to hydrolysis) is 1. The quantitative estimate of drug-likeness (QED) is 0.801. The van der Waals surface area contributed by atoms with Gasteiger partial charge in [0.2, 0.25) is 0 Å². The lowest BCUT2D eigenvalue weighted by atomic mass is 9.86. The normalized spacial score (nSPS) is 25.5. The van der Waals surface area contributed by atoms with E-state index in [0.717, 1.165) is 38.0 Å². The van der Waals surface area contributed by atoms with Gasteiger partial charge in [0.05, 0.1) is 12.5 Å². The minimum atomic E-state index is -0.596. The monoisotopic (exact) mass is 374 g/mol. The molecule has 6 nitrogen and oxygen atoms in total. The van der Waals surface area contributed by atoms with Gasteiger partial charge in [0.25, 0.3) is 0 Å². The Morgan fingerprint density at radius 1 is 1.19 bits per heavy atom. The van der Waals surface area contributed by atoms with Gasteiger partial charge in [-0.15, -0.1) is 0 Å². The molecule has 3 heterocycles. The van der Waals surface area contributed by atoms with Crippen LogP contribution in [-0.2, 0) is 14.3 Å². The predicted molar refractivity (Wildman–Crippen MR) is 102 cm³/mol. The van der Waals surface area contributed by atoms with Crippen LogP contribution in [0.5, 0.6) is 0 Å². The summed E-state index contributed by atoms with van der Waals surface area (Å²) in [5, 5.41) is 2.82. The van der Waals surface area contributed by atoms with Gasteiger partial charge in [-0.25, -0.2) is 4.79 Å². The first-order chi connectivity index (χ1) is 12.8. The van der Waals surface area contributed by atoms with E-state index >= 15 is 0 Å². The Bertz CT molecular complexity index is 648. The standard InChI is InChI=1S/C21H30N2O4/c1-21(2,3)27-20(25)22-17(15-7-5-4-6-8-15)13-19(24)26-18-14-23-11-9-16(18)10-12-23/h4-8,16-18H,9-14H2,1-3H3,(H,22,25)/t17?,18-/m0/s1. The average Bonchev–Trinajstić information content (AvgIpc) is 2.61. The molecule has 3 aliphatic heterocycles. The summed E-state index contributed by atoms with van der Waals surface area (Å²) in [6.07, 6.45) is 1.71. The molecular weight excluding hydrogens is 344 g/mol. The molecule has 1 amide bonds. The molecule has 1 N–H and O–H groups in total. The number of carbonyl (C=O) groups excluding carboxylic acids is 2. The van der Waals surface area contributed by atoms with Gasteiger partial charge in [-0.2, -0.15) is 0 Å². The zero-order chi connectivity index (χ0) is 19.4. The van der Waals surface area contributed by atoms with Crippen LogP contribution in [0.15, 0.2) is 30.3 Å². The third kappa shape index (κ3) is 5.70. The summed E-state index contributed by atoms with van der Waals surface area (Å²) in [6.45, 7) is 8.46. The number of amides is 1. The molecule has 0 aliphatic carbocycles. The first-order valence-electron chi connectivity index (χ1n) is 9.76. The van der Waals surface area contributed by atoms with Crippen molar-refractivity contribution < 1.29 is 19.1 Å². The van der Waals surface area contributed by atoms with Crippen molar-refractivity contribution in [2.24, 2.45) is 5.92 Å². The molecule has 6 heteroatoms. The molecule has 0 radical (unpaired) electrons. The Morgan fingerprint density at radius 2 is 1.85 bits per heavy atom. The van der Waals surface area contributed by atoms with Gasteiger partial charge in [0, 0.05) is 6.54 Å². The first kappa shape index (κ1) is 19.7. The van der Waals surface area contributed by atoms with Crippen LogP contribution in [0.1, 0.15) is 51.6 Å². The molecule has 0 saturated carbocycles. The number of benzene rings is 1. The lowest BCUT2D eigenvalue weighted by Gasteiger charge is -2.44. The molecule has 27 heavy (non-hydrogen) atoms. The van der Waals surface area contributed by atoms with E-state index in [1.54, 1.807) is 0 Å². The summed E-state index contributed by atoms with van der Waals surface area (Å²) in [6, 6.07) is 8.98. The average molecular weight is 374 g/mol. The molecule has 3 aliphatic rings. The molecular formula is C21H30N2O4. The minimum absolute atomic E-state index is 0.0297. The summed E-state index contributed by atoms with van der Waals surface area (Å²) in [7, 11) is 0. The Kier molecular flexibility index (Phi) is 6.05. The molecule has 2 atom stereocenters. The zero-order valence-corrected chi connectivity index (χ0v) is 16.4. The summed E-state index contributed by atoms with van der Waals surface area (Å²) in [5.74, 6) is 0.187. The third-order valence-electron chi connectivity index (χ3n) is 5.14. The molecule has 4 rings (SSSR count). The first-order valence-corrected chi connectivity index (χ1v) is 9.76. The highest BCUT2D eigenvalue weighted by molar-refractivity contribution is 5.73. The van der Waals surface area contributed by atoms with Gasteiger partial charge in [-0.05, 0) is 58.2 Å². The number of hydrogen-bond donors (Lipinski definition) is 1. The van der Waals surface area contributed by atoms with Crippen molar-refractivity contribution in [3.05, 3.63) is 35.9 Å². The van der Waals surface area contributed by atoms with E-state index in [-0.39, 0.29) is 18.5 Å². The van der Waals surface area contributed by atoms with Crippen molar-refractivity contribution >= 4 is 12.1 Å². The molecule has 1 aromatic rings. The molecule has 3 saturated heterocycles. The number of hydrogen-bond acceptors (Lipinski definition) is 5. The van der Waals surface area contributed by atoms with Crippen LogP contribution < -0.4 is 5.32 Å². The molecule has 0 aromatic heterocycles. The van der Waals surface area contributed by atoms with E-state index in [2.05, 4.69) is 10.2 Å². The fourth-order valence-corrected chi connectivity index (χ4v) is 3.82. The van der Waals surface area contributed by atoms with Crippen LogP contribution in [0.3, 0.4) is 0 Å². The van der Waals surface area contributed by atoms with E-state index in [4.69, 9.17) is 9.47 Å². The highest BCUT2D eigenvalue weighted by Crippen LogP contribution is 2.30. The van der Waals surface area contributed by atoms with E-state index in [0.29, 0.717) is 5.92 Å². The van der Waals surface area contributed by atoms with Gasteiger partial charge in [0.15, 0.2) is 0 Å². The lowest BCUT2D eigenvalue weighted by Crippen LogP contribution is -2.52. The van der Waals surface area contributed by atoms with Crippen molar-refractivity contribution in [2.75, 3.05) is 19.6 Å². The van der Waals surface area contributed by atoms with E-state index in [9.17, 15) is 9.59 Å². The Balaban J connectivity index is 1.62. The summed E-state index contributed by atoms with van der Waals surface area (Å²) >= 11 is 0. The Hall–Kier alpha value is -2.08. The molecule has 2 bridgehead atoms. The topological polar surface area (TPSA) is 67.9 Å². The van der Waals surface area contributed by atoms with Crippen LogP contribution in [0, 0.1) is 5.92 Å². The number of rotatable bonds is 5. The Morgan fingerprint density at radius 3 is 2.41 bits per heavy atom. The van der Waals surface area contributed by atoms with Gasteiger partial charge >= 0.3 is 12.1 Å².